The van der Waals surface area contributed by atoms with Crippen LogP contribution in [0.15, 0.2) is 17.2 Å². The fourth-order valence-corrected chi connectivity index (χ4v) is 2.40. The second kappa shape index (κ2) is 4.68. The van der Waals surface area contributed by atoms with Gasteiger partial charge in [0, 0.05) is 24.5 Å². The van der Waals surface area contributed by atoms with Crippen molar-refractivity contribution in [2.24, 2.45) is 0 Å². The summed E-state index contributed by atoms with van der Waals surface area (Å²) in [6, 6.07) is -0.643. The molecule has 1 fully saturated rings. The van der Waals surface area contributed by atoms with Crippen molar-refractivity contribution in [1.82, 2.24) is 9.55 Å². The van der Waals surface area contributed by atoms with Crippen molar-refractivity contribution in [2.75, 3.05) is 11.4 Å². The normalized spacial score (nSPS) is 19.7. The summed E-state index contributed by atoms with van der Waals surface area (Å²) in [7, 11) is 0. The number of aromatic nitrogens is 2. The van der Waals surface area contributed by atoms with Crippen molar-refractivity contribution < 1.29 is 9.90 Å². The lowest BCUT2D eigenvalue weighted by molar-refractivity contribution is -0.138. The molecule has 19 heavy (non-hydrogen) atoms. The maximum Gasteiger partial charge on any atom is 0.326 e. The number of hydrogen-bond acceptors (Lipinski definition) is 4. The predicted molar refractivity (Wildman–Crippen MR) is 71.5 cm³/mol. The lowest BCUT2D eigenvalue weighted by Crippen LogP contribution is -2.43. The first-order chi connectivity index (χ1) is 8.82. The molecule has 1 atom stereocenters. The Morgan fingerprint density at radius 3 is 2.74 bits per heavy atom. The largest absolute Gasteiger partial charge is 0.480 e. The van der Waals surface area contributed by atoms with E-state index in [4.69, 9.17) is 0 Å². The fourth-order valence-electron chi connectivity index (χ4n) is 2.40. The van der Waals surface area contributed by atoms with Crippen LogP contribution in [0.25, 0.3) is 0 Å². The predicted octanol–water partition coefficient (Wildman–Crippen LogP) is 1.05. The zero-order valence-corrected chi connectivity index (χ0v) is 11.5. The Labute approximate surface area is 111 Å². The number of hydrogen-bond donors (Lipinski definition) is 1. The Balaban J connectivity index is 2.47. The van der Waals surface area contributed by atoms with Gasteiger partial charge < -0.3 is 14.6 Å². The molecule has 1 aromatic heterocycles. The Hall–Kier alpha value is -1.85. The maximum absolute atomic E-state index is 12.4. The van der Waals surface area contributed by atoms with Gasteiger partial charge in [-0.25, -0.2) is 9.78 Å². The van der Waals surface area contributed by atoms with Crippen LogP contribution >= 0.6 is 0 Å². The SMILES string of the molecule is CC(C)(C)n1ccnc(N2CCCC2C(=O)O)c1=O. The number of anilines is 1. The highest BCUT2D eigenvalue weighted by molar-refractivity contribution is 5.78. The summed E-state index contributed by atoms with van der Waals surface area (Å²) < 4.78 is 1.59. The van der Waals surface area contributed by atoms with Crippen LogP contribution in [0.3, 0.4) is 0 Å². The number of aliphatic carboxylic acids is 1. The van der Waals surface area contributed by atoms with E-state index in [1.165, 1.54) is 0 Å². The second-order valence-electron chi connectivity index (χ2n) is 5.79. The third-order valence-electron chi connectivity index (χ3n) is 3.36. The molecule has 6 nitrogen and oxygen atoms in total. The molecular formula is C13H19N3O3. The van der Waals surface area contributed by atoms with Crippen LogP contribution in [-0.2, 0) is 10.3 Å². The van der Waals surface area contributed by atoms with Crippen LogP contribution < -0.4 is 10.5 Å². The Morgan fingerprint density at radius 1 is 1.47 bits per heavy atom. The van der Waals surface area contributed by atoms with Crippen LogP contribution in [0, 0.1) is 0 Å². The van der Waals surface area contributed by atoms with Gasteiger partial charge in [-0.3, -0.25) is 4.79 Å². The number of rotatable bonds is 2. The zero-order chi connectivity index (χ0) is 14.2. The first-order valence-electron chi connectivity index (χ1n) is 6.40. The van der Waals surface area contributed by atoms with E-state index in [9.17, 15) is 14.7 Å². The average Bonchev–Trinajstić information content (AvgIpc) is 2.76. The minimum atomic E-state index is -0.898. The molecule has 1 unspecified atom stereocenters. The van der Waals surface area contributed by atoms with Gasteiger partial charge in [-0.15, -0.1) is 0 Å². The molecule has 1 N–H and O–H groups in total. The van der Waals surface area contributed by atoms with Crippen LogP contribution in [0.5, 0.6) is 0 Å². The molecule has 2 rings (SSSR count). The number of carboxylic acid groups (broad SMARTS) is 1. The molecule has 1 saturated heterocycles. The first-order valence-corrected chi connectivity index (χ1v) is 6.40. The Bertz CT molecular complexity index is 545. The van der Waals surface area contributed by atoms with Crippen molar-refractivity contribution in [2.45, 2.75) is 45.2 Å². The molecule has 0 spiro atoms. The van der Waals surface area contributed by atoms with Crippen LogP contribution in [0.2, 0.25) is 0 Å². The van der Waals surface area contributed by atoms with Crippen LogP contribution in [-0.4, -0.2) is 33.2 Å². The fraction of sp³-hybridized carbons (Fsp3) is 0.615. The van der Waals surface area contributed by atoms with Gasteiger partial charge in [0.15, 0.2) is 5.82 Å². The summed E-state index contributed by atoms with van der Waals surface area (Å²) in [6.07, 6.45) is 4.51. The molecule has 1 aliphatic rings. The molecule has 0 amide bonds. The van der Waals surface area contributed by atoms with Crippen molar-refractivity contribution in [3.8, 4) is 0 Å². The average molecular weight is 265 g/mol. The van der Waals surface area contributed by atoms with E-state index >= 15 is 0 Å². The third kappa shape index (κ3) is 2.47. The monoisotopic (exact) mass is 265 g/mol. The minimum absolute atomic E-state index is 0.233. The van der Waals surface area contributed by atoms with Crippen molar-refractivity contribution >= 4 is 11.8 Å². The Morgan fingerprint density at radius 2 is 2.16 bits per heavy atom. The standard InChI is InChI=1S/C13H19N3O3/c1-13(2,3)16-8-6-14-10(11(16)17)15-7-4-5-9(15)12(18)19/h6,8-9H,4-5,7H2,1-3H3,(H,18,19). The summed E-state index contributed by atoms with van der Waals surface area (Å²) >= 11 is 0. The number of nitrogens with zero attached hydrogens (tertiary/aromatic N) is 3. The van der Waals surface area contributed by atoms with E-state index < -0.39 is 12.0 Å². The van der Waals surface area contributed by atoms with E-state index in [-0.39, 0.29) is 16.9 Å². The smallest absolute Gasteiger partial charge is 0.326 e. The van der Waals surface area contributed by atoms with Gasteiger partial charge >= 0.3 is 5.97 Å². The maximum atomic E-state index is 12.4. The molecule has 1 aromatic rings. The van der Waals surface area contributed by atoms with Crippen molar-refractivity contribution in [3.63, 3.8) is 0 Å². The van der Waals surface area contributed by atoms with E-state index in [0.29, 0.717) is 13.0 Å². The molecule has 2 heterocycles. The van der Waals surface area contributed by atoms with Crippen LogP contribution in [0.1, 0.15) is 33.6 Å². The van der Waals surface area contributed by atoms with Gasteiger partial charge in [0.1, 0.15) is 6.04 Å². The molecule has 1 aliphatic heterocycles. The number of carbonyl (C=O) groups is 1. The molecule has 0 saturated carbocycles. The van der Waals surface area contributed by atoms with Gasteiger partial charge in [0.25, 0.3) is 5.56 Å². The first kappa shape index (κ1) is 13.6. The van der Waals surface area contributed by atoms with Crippen molar-refractivity contribution in [1.29, 1.82) is 0 Å². The summed E-state index contributed by atoms with van der Waals surface area (Å²) in [6.45, 7) is 6.35. The van der Waals surface area contributed by atoms with Crippen molar-refractivity contribution in [3.05, 3.63) is 22.7 Å². The Kier molecular flexibility index (Phi) is 3.34. The van der Waals surface area contributed by atoms with Gasteiger partial charge in [-0.2, -0.15) is 0 Å². The van der Waals surface area contributed by atoms with E-state index in [1.807, 2.05) is 20.8 Å². The molecule has 0 bridgehead atoms. The summed E-state index contributed by atoms with van der Waals surface area (Å²) in [5.74, 6) is -0.660. The van der Waals surface area contributed by atoms with Gasteiger partial charge in [0.05, 0.1) is 0 Å². The molecular weight excluding hydrogens is 246 g/mol. The molecule has 6 heteroatoms. The quantitative estimate of drug-likeness (QED) is 0.865. The molecule has 0 aliphatic carbocycles. The summed E-state index contributed by atoms with van der Waals surface area (Å²) in [5, 5.41) is 9.19. The summed E-state index contributed by atoms with van der Waals surface area (Å²) in [5.41, 5.74) is -0.587. The number of carboxylic acids is 1. The third-order valence-corrected chi connectivity index (χ3v) is 3.36. The molecule has 0 aromatic carbocycles. The van der Waals surface area contributed by atoms with E-state index in [2.05, 4.69) is 4.98 Å². The lowest BCUT2D eigenvalue weighted by atomic mass is 10.1. The highest BCUT2D eigenvalue weighted by Gasteiger charge is 2.33. The molecule has 104 valence electrons. The zero-order valence-electron chi connectivity index (χ0n) is 11.5. The topological polar surface area (TPSA) is 75.4 Å². The second-order valence-corrected chi connectivity index (χ2v) is 5.79. The minimum Gasteiger partial charge on any atom is -0.480 e. The van der Waals surface area contributed by atoms with Gasteiger partial charge in [-0.05, 0) is 33.6 Å². The van der Waals surface area contributed by atoms with Gasteiger partial charge in [-0.1, -0.05) is 0 Å². The van der Waals surface area contributed by atoms with Gasteiger partial charge in [0.2, 0.25) is 0 Å². The summed E-state index contributed by atoms with van der Waals surface area (Å²) in [4.78, 5) is 29.3. The van der Waals surface area contributed by atoms with E-state index in [1.54, 1.807) is 21.9 Å². The highest BCUT2D eigenvalue weighted by atomic mass is 16.4. The van der Waals surface area contributed by atoms with Crippen LogP contribution in [0.4, 0.5) is 5.82 Å². The lowest BCUT2D eigenvalue weighted by Gasteiger charge is -2.26. The highest BCUT2D eigenvalue weighted by Crippen LogP contribution is 2.22. The van der Waals surface area contributed by atoms with E-state index in [0.717, 1.165) is 6.42 Å². The molecule has 0 radical (unpaired) electrons.